The molecule has 0 radical (unpaired) electrons. The standard InChI is InChI=1S/C15H25N3OS/c1-6-7-12-8-13(19)18-14(17-12)20-10-11(2)9-16-15(3,4)5/h8,16H,2,6-7,9-10H2,1,3-5H3,(H,17,18,19). The van der Waals surface area contributed by atoms with Gasteiger partial charge >= 0.3 is 0 Å². The monoisotopic (exact) mass is 295 g/mol. The first-order valence-electron chi connectivity index (χ1n) is 6.95. The van der Waals surface area contributed by atoms with Gasteiger partial charge in [0.15, 0.2) is 5.16 Å². The second-order valence-corrected chi connectivity index (χ2v) is 6.90. The zero-order chi connectivity index (χ0) is 15.2. The van der Waals surface area contributed by atoms with Crippen LogP contribution in [0, 0.1) is 0 Å². The van der Waals surface area contributed by atoms with Crippen LogP contribution in [0.25, 0.3) is 0 Å². The van der Waals surface area contributed by atoms with E-state index in [0.29, 0.717) is 5.16 Å². The molecule has 0 unspecified atom stereocenters. The summed E-state index contributed by atoms with van der Waals surface area (Å²) in [5.74, 6) is 0.752. The molecule has 112 valence electrons. The number of aryl methyl sites for hydroxylation is 1. The average molecular weight is 295 g/mol. The molecule has 0 bridgehead atoms. The molecular formula is C15H25N3OS. The first-order valence-corrected chi connectivity index (χ1v) is 7.93. The summed E-state index contributed by atoms with van der Waals surface area (Å²) in [6.07, 6.45) is 1.83. The molecular weight excluding hydrogens is 270 g/mol. The molecule has 0 aliphatic carbocycles. The van der Waals surface area contributed by atoms with Crippen molar-refractivity contribution in [2.24, 2.45) is 0 Å². The van der Waals surface area contributed by atoms with Gasteiger partial charge in [0.1, 0.15) is 0 Å². The highest BCUT2D eigenvalue weighted by Gasteiger charge is 2.09. The lowest BCUT2D eigenvalue weighted by Gasteiger charge is -2.21. The third-order valence-corrected chi connectivity index (χ3v) is 3.58. The average Bonchev–Trinajstić information content (AvgIpc) is 2.33. The van der Waals surface area contributed by atoms with Crippen molar-refractivity contribution in [2.75, 3.05) is 12.3 Å². The Balaban J connectivity index is 2.53. The first-order chi connectivity index (χ1) is 9.30. The van der Waals surface area contributed by atoms with E-state index in [4.69, 9.17) is 0 Å². The van der Waals surface area contributed by atoms with Crippen LogP contribution in [0.5, 0.6) is 0 Å². The number of rotatable bonds is 7. The Morgan fingerprint density at radius 3 is 2.80 bits per heavy atom. The van der Waals surface area contributed by atoms with Crippen molar-refractivity contribution in [1.82, 2.24) is 15.3 Å². The Bertz CT molecular complexity index is 503. The minimum atomic E-state index is -0.0793. The lowest BCUT2D eigenvalue weighted by atomic mass is 10.1. The van der Waals surface area contributed by atoms with Crippen LogP contribution in [0.4, 0.5) is 0 Å². The number of aromatic amines is 1. The molecule has 1 aromatic rings. The van der Waals surface area contributed by atoms with Gasteiger partial charge in [0, 0.05) is 29.6 Å². The largest absolute Gasteiger partial charge is 0.308 e. The summed E-state index contributed by atoms with van der Waals surface area (Å²) in [7, 11) is 0. The molecule has 0 fully saturated rings. The van der Waals surface area contributed by atoms with Crippen molar-refractivity contribution in [1.29, 1.82) is 0 Å². The fourth-order valence-electron chi connectivity index (χ4n) is 1.55. The van der Waals surface area contributed by atoms with Crippen LogP contribution in [-0.2, 0) is 6.42 Å². The normalized spacial score (nSPS) is 11.6. The molecule has 0 aliphatic rings. The maximum absolute atomic E-state index is 11.5. The van der Waals surface area contributed by atoms with Crippen LogP contribution in [0.15, 0.2) is 28.2 Å². The lowest BCUT2D eigenvalue weighted by Crippen LogP contribution is -2.37. The van der Waals surface area contributed by atoms with Crippen LogP contribution in [-0.4, -0.2) is 27.8 Å². The van der Waals surface area contributed by atoms with Crippen LogP contribution in [0.3, 0.4) is 0 Å². The van der Waals surface area contributed by atoms with Crippen molar-refractivity contribution in [3.8, 4) is 0 Å². The zero-order valence-electron chi connectivity index (χ0n) is 12.9. The summed E-state index contributed by atoms with van der Waals surface area (Å²) in [4.78, 5) is 18.8. The van der Waals surface area contributed by atoms with E-state index in [1.165, 1.54) is 11.8 Å². The molecule has 1 heterocycles. The highest BCUT2D eigenvalue weighted by atomic mass is 32.2. The number of nitrogens with zero attached hydrogens (tertiary/aromatic N) is 1. The fourth-order valence-corrected chi connectivity index (χ4v) is 2.35. The number of H-pyrrole nitrogens is 1. The van der Waals surface area contributed by atoms with E-state index in [2.05, 4.69) is 49.6 Å². The van der Waals surface area contributed by atoms with Crippen molar-refractivity contribution in [2.45, 2.75) is 51.2 Å². The van der Waals surface area contributed by atoms with Crippen LogP contribution < -0.4 is 10.9 Å². The van der Waals surface area contributed by atoms with Gasteiger partial charge in [-0.1, -0.05) is 37.3 Å². The third kappa shape index (κ3) is 6.91. The molecule has 20 heavy (non-hydrogen) atoms. The molecule has 5 heteroatoms. The molecule has 0 aliphatic heterocycles. The molecule has 0 saturated carbocycles. The van der Waals surface area contributed by atoms with Gasteiger partial charge in [-0.2, -0.15) is 0 Å². The summed E-state index contributed by atoms with van der Waals surface area (Å²) >= 11 is 1.53. The summed E-state index contributed by atoms with van der Waals surface area (Å²) in [6.45, 7) is 13.3. The smallest absolute Gasteiger partial charge is 0.251 e. The van der Waals surface area contributed by atoms with Crippen LogP contribution in [0.2, 0.25) is 0 Å². The molecule has 4 nitrogen and oxygen atoms in total. The lowest BCUT2D eigenvalue weighted by molar-refractivity contribution is 0.445. The zero-order valence-corrected chi connectivity index (χ0v) is 13.7. The van der Waals surface area contributed by atoms with Gasteiger partial charge in [0.05, 0.1) is 0 Å². The molecule has 1 aromatic heterocycles. The summed E-state index contributed by atoms with van der Waals surface area (Å²) in [6, 6.07) is 1.57. The Morgan fingerprint density at radius 2 is 2.20 bits per heavy atom. The van der Waals surface area contributed by atoms with E-state index in [9.17, 15) is 4.79 Å². The van der Waals surface area contributed by atoms with Gasteiger partial charge in [-0.05, 0) is 27.2 Å². The van der Waals surface area contributed by atoms with Crippen molar-refractivity contribution in [3.05, 3.63) is 34.3 Å². The maximum Gasteiger partial charge on any atom is 0.251 e. The summed E-state index contributed by atoms with van der Waals surface area (Å²) < 4.78 is 0. The van der Waals surface area contributed by atoms with Crippen molar-refractivity contribution in [3.63, 3.8) is 0 Å². The second-order valence-electron chi connectivity index (χ2n) is 5.93. The molecule has 1 rings (SSSR count). The predicted molar refractivity (Wildman–Crippen MR) is 86.5 cm³/mol. The number of hydrogen-bond donors (Lipinski definition) is 2. The Labute approximate surface area is 125 Å². The molecule has 0 aromatic carbocycles. The van der Waals surface area contributed by atoms with E-state index >= 15 is 0 Å². The molecule has 0 atom stereocenters. The quantitative estimate of drug-likeness (QED) is 0.461. The van der Waals surface area contributed by atoms with Gasteiger partial charge in [-0.3, -0.25) is 4.79 Å². The van der Waals surface area contributed by atoms with E-state index in [1.807, 2.05) is 0 Å². The molecule has 0 spiro atoms. The van der Waals surface area contributed by atoms with Gasteiger partial charge in [-0.25, -0.2) is 4.98 Å². The Morgan fingerprint density at radius 1 is 1.50 bits per heavy atom. The van der Waals surface area contributed by atoms with E-state index < -0.39 is 0 Å². The van der Waals surface area contributed by atoms with Crippen molar-refractivity contribution >= 4 is 11.8 Å². The number of thioether (sulfide) groups is 1. The summed E-state index contributed by atoms with van der Waals surface area (Å²) in [5.41, 5.74) is 1.95. The van der Waals surface area contributed by atoms with Gasteiger partial charge in [-0.15, -0.1) is 0 Å². The van der Waals surface area contributed by atoms with Crippen LogP contribution in [0.1, 0.15) is 39.8 Å². The Hall–Kier alpha value is -1.07. The molecule has 2 N–H and O–H groups in total. The first kappa shape index (κ1) is 17.0. The summed E-state index contributed by atoms with van der Waals surface area (Å²) in [5, 5.41) is 4.07. The van der Waals surface area contributed by atoms with Gasteiger partial charge in [0.25, 0.3) is 5.56 Å². The Kier molecular flexibility index (Phi) is 6.49. The highest BCUT2D eigenvalue weighted by Crippen LogP contribution is 2.15. The van der Waals surface area contributed by atoms with Gasteiger partial charge in [0.2, 0.25) is 0 Å². The number of aromatic nitrogens is 2. The van der Waals surface area contributed by atoms with Crippen molar-refractivity contribution < 1.29 is 0 Å². The number of hydrogen-bond acceptors (Lipinski definition) is 4. The molecule has 0 amide bonds. The van der Waals surface area contributed by atoms with E-state index in [1.54, 1.807) is 6.07 Å². The fraction of sp³-hybridized carbons (Fsp3) is 0.600. The minimum absolute atomic E-state index is 0.0793. The van der Waals surface area contributed by atoms with E-state index in [-0.39, 0.29) is 11.1 Å². The minimum Gasteiger partial charge on any atom is -0.308 e. The predicted octanol–water partition coefficient (Wildman–Crippen LogP) is 2.76. The topological polar surface area (TPSA) is 57.8 Å². The third-order valence-electron chi connectivity index (χ3n) is 2.56. The maximum atomic E-state index is 11.5. The highest BCUT2D eigenvalue weighted by molar-refractivity contribution is 7.99. The SMILES string of the molecule is C=C(CNC(C)(C)C)CSc1nc(CCC)cc(=O)[nH]1. The van der Waals surface area contributed by atoms with Gasteiger partial charge < -0.3 is 10.3 Å². The van der Waals surface area contributed by atoms with Crippen LogP contribution >= 0.6 is 11.8 Å². The molecule has 0 saturated heterocycles. The number of nitrogens with one attached hydrogen (secondary N) is 2. The van der Waals surface area contributed by atoms with E-state index in [0.717, 1.165) is 36.4 Å². The second kappa shape index (κ2) is 7.64.